The van der Waals surface area contributed by atoms with E-state index in [0.717, 1.165) is 18.6 Å². The molecule has 0 aliphatic heterocycles. The zero-order chi connectivity index (χ0) is 15.3. The van der Waals surface area contributed by atoms with E-state index >= 15 is 0 Å². The summed E-state index contributed by atoms with van der Waals surface area (Å²) in [4.78, 5) is 11.4. The number of benzene rings is 1. The van der Waals surface area contributed by atoms with Gasteiger partial charge in [0.2, 0.25) is 5.91 Å². The summed E-state index contributed by atoms with van der Waals surface area (Å²) in [6, 6.07) is 9.32. The van der Waals surface area contributed by atoms with Gasteiger partial charge in [0.25, 0.3) is 0 Å². The summed E-state index contributed by atoms with van der Waals surface area (Å²) in [5.41, 5.74) is -0.121. The Morgan fingerprint density at radius 3 is 2.48 bits per heavy atom. The minimum atomic E-state index is -4.29. The number of halogens is 3. The number of para-hydroxylation sites is 1. The van der Waals surface area contributed by atoms with Gasteiger partial charge in [-0.15, -0.1) is 0 Å². The molecule has 2 rings (SSSR count). The summed E-state index contributed by atoms with van der Waals surface area (Å²) < 4.78 is 41.7. The lowest BCUT2D eigenvalue weighted by Crippen LogP contribution is -2.33. The summed E-state index contributed by atoms with van der Waals surface area (Å²) in [5.74, 6) is 0.200. The molecule has 1 saturated carbocycles. The zero-order valence-electron chi connectivity index (χ0n) is 11.6. The van der Waals surface area contributed by atoms with Gasteiger partial charge in [0.15, 0.2) is 0 Å². The van der Waals surface area contributed by atoms with Crippen molar-refractivity contribution in [3.63, 3.8) is 0 Å². The number of rotatable bonds is 7. The molecule has 0 heterocycles. The van der Waals surface area contributed by atoms with E-state index in [2.05, 4.69) is 5.32 Å². The van der Waals surface area contributed by atoms with Crippen molar-refractivity contribution < 1.29 is 22.7 Å². The molecule has 0 aromatic heterocycles. The maximum absolute atomic E-state index is 12.0. The number of carbonyl (C=O) groups excluding carboxylic acids is 1. The first-order valence-corrected chi connectivity index (χ1v) is 6.90. The first-order valence-electron chi connectivity index (χ1n) is 6.90. The van der Waals surface area contributed by atoms with Crippen LogP contribution in [0, 0.1) is 5.41 Å². The SMILES string of the molecule is O=C(CCC(F)(F)F)NCC1(COc2ccccc2)CC1. The Morgan fingerprint density at radius 2 is 1.90 bits per heavy atom. The summed E-state index contributed by atoms with van der Waals surface area (Å²) in [6.07, 6.45) is -4.05. The average Bonchev–Trinajstić information content (AvgIpc) is 3.22. The Morgan fingerprint density at radius 1 is 1.24 bits per heavy atom. The van der Waals surface area contributed by atoms with Crippen LogP contribution in [-0.2, 0) is 4.79 Å². The molecule has 116 valence electrons. The van der Waals surface area contributed by atoms with Crippen molar-refractivity contribution in [3.05, 3.63) is 30.3 Å². The molecule has 1 fully saturated rings. The van der Waals surface area contributed by atoms with Crippen LogP contribution in [0.3, 0.4) is 0 Å². The highest BCUT2D eigenvalue weighted by atomic mass is 19.4. The van der Waals surface area contributed by atoms with Crippen LogP contribution >= 0.6 is 0 Å². The highest BCUT2D eigenvalue weighted by Crippen LogP contribution is 2.45. The smallest absolute Gasteiger partial charge is 0.389 e. The van der Waals surface area contributed by atoms with Crippen LogP contribution in [0.1, 0.15) is 25.7 Å². The molecule has 6 heteroatoms. The van der Waals surface area contributed by atoms with Crippen molar-refractivity contribution in [1.29, 1.82) is 0 Å². The fourth-order valence-electron chi connectivity index (χ4n) is 1.93. The molecule has 0 unspecified atom stereocenters. The lowest BCUT2D eigenvalue weighted by molar-refractivity contribution is -0.144. The van der Waals surface area contributed by atoms with Gasteiger partial charge < -0.3 is 10.1 Å². The average molecular weight is 301 g/mol. The minimum absolute atomic E-state index is 0.121. The predicted octanol–water partition coefficient (Wildman–Crippen LogP) is 3.30. The number of carbonyl (C=O) groups is 1. The van der Waals surface area contributed by atoms with Crippen molar-refractivity contribution >= 4 is 5.91 Å². The van der Waals surface area contributed by atoms with Gasteiger partial charge in [-0.1, -0.05) is 18.2 Å². The largest absolute Gasteiger partial charge is 0.493 e. The molecule has 1 N–H and O–H groups in total. The second-order valence-electron chi connectivity index (χ2n) is 5.49. The molecule has 0 radical (unpaired) electrons. The molecule has 0 saturated heterocycles. The molecule has 1 aliphatic rings. The van der Waals surface area contributed by atoms with Crippen molar-refractivity contribution in [3.8, 4) is 5.75 Å². The number of hydrogen-bond acceptors (Lipinski definition) is 2. The molecular formula is C15H18F3NO2. The summed E-state index contributed by atoms with van der Waals surface area (Å²) >= 11 is 0. The van der Waals surface area contributed by atoms with Crippen LogP contribution in [0.25, 0.3) is 0 Å². The first-order chi connectivity index (χ1) is 9.89. The van der Waals surface area contributed by atoms with Gasteiger partial charge in [-0.05, 0) is 25.0 Å². The Bertz CT molecular complexity index is 470. The van der Waals surface area contributed by atoms with Crippen LogP contribution in [0.2, 0.25) is 0 Å². The summed E-state index contributed by atoms with van der Waals surface area (Å²) in [7, 11) is 0. The third-order valence-corrected chi connectivity index (χ3v) is 3.54. The number of hydrogen-bond donors (Lipinski definition) is 1. The van der Waals surface area contributed by atoms with Gasteiger partial charge in [0.05, 0.1) is 13.0 Å². The standard InChI is InChI=1S/C15H18F3NO2/c16-15(17,18)7-6-13(20)19-10-14(8-9-14)11-21-12-4-2-1-3-5-12/h1-5H,6-11H2,(H,19,20). The zero-order valence-corrected chi connectivity index (χ0v) is 11.6. The van der Waals surface area contributed by atoms with Crippen LogP contribution in [0.5, 0.6) is 5.75 Å². The molecule has 1 aromatic rings. The first kappa shape index (κ1) is 15.7. The fraction of sp³-hybridized carbons (Fsp3) is 0.533. The van der Waals surface area contributed by atoms with Gasteiger partial charge in [-0.2, -0.15) is 13.2 Å². The maximum atomic E-state index is 12.0. The maximum Gasteiger partial charge on any atom is 0.389 e. The molecule has 0 spiro atoms. The van der Waals surface area contributed by atoms with E-state index < -0.39 is 24.9 Å². The van der Waals surface area contributed by atoms with Crippen LogP contribution in [-0.4, -0.2) is 25.2 Å². The number of ether oxygens (including phenoxy) is 1. The van der Waals surface area contributed by atoms with E-state index in [0.29, 0.717) is 13.2 Å². The van der Waals surface area contributed by atoms with Crippen molar-refractivity contribution in [1.82, 2.24) is 5.32 Å². The number of nitrogens with one attached hydrogen (secondary N) is 1. The van der Waals surface area contributed by atoms with Crippen LogP contribution in [0.15, 0.2) is 30.3 Å². The van der Waals surface area contributed by atoms with Gasteiger partial charge >= 0.3 is 6.18 Å². The normalized spacial score (nSPS) is 16.3. The van der Waals surface area contributed by atoms with Crippen LogP contribution in [0.4, 0.5) is 13.2 Å². The van der Waals surface area contributed by atoms with Gasteiger partial charge in [-0.3, -0.25) is 4.79 Å². The predicted molar refractivity (Wildman–Crippen MR) is 71.9 cm³/mol. The van der Waals surface area contributed by atoms with E-state index in [1.807, 2.05) is 30.3 Å². The third-order valence-electron chi connectivity index (χ3n) is 3.54. The van der Waals surface area contributed by atoms with Crippen molar-refractivity contribution in [2.24, 2.45) is 5.41 Å². The molecule has 3 nitrogen and oxygen atoms in total. The third kappa shape index (κ3) is 5.65. The molecule has 0 atom stereocenters. The molecular weight excluding hydrogens is 283 g/mol. The van der Waals surface area contributed by atoms with Gasteiger partial charge in [-0.25, -0.2) is 0 Å². The molecule has 1 aromatic carbocycles. The minimum Gasteiger partial charge on any atom is -0.493 e. The van der Waals surface area contributed by atoms with Gasteiger partial charge in [0.1, 0.15) is 5.75 Å². The topological polar surface area (TPSA) is 38.3 Å². The summed E-state index contributed by atoms with van der Waals surface area (Å²) in [5, 5.41) is 2.58. The lowest BCUT2D eigenvalue weighted by atomic mass is 10.1. The second kappa shape index (κ2) is 6.37. The quantitative estimate of drug-likeness (QED) is 0.839. The number of alkyl halides is 3. The fourth-order valence-corrected chi connectivity index (χ4v) is 1.93. The molecule has 1 aliphatic carbocycles. The molecule has 21 heavy (non-hydrogen) atoms. The lowest BCUT2D eigenvalue weighted by Gasteiger charge is -2.17. The highest BCUT2D eigenvalue weighted by Gasteiger charge is 2.43. The second-order valence-corrected chi connectivity index (χ2v) is 5.49. The number of amides is 1. The monoisotopic (exact) mass is 301 g/mol. The Labute approximate surface area is 121 Å². The molecule has 1 amide bonds. The highest BCUT2D eigenvalue weighted by molar-refractivity contribution is 5.76. The van der Waals surface area contributed by atoms with E-state index in [1.54, 1.807) is 0 Å². The van der Waals surface area contributed by atoms with E-state index in [4.69, 9.17) is 4.74 Å². The van der Waals surface area contributed by atoms with E-state index in [9.17, 15) is 18.0 Å². The van der Waals surface area contributed by atoms with Gasteiger partial charge in [0, 0.05) is 18.4 Å². The Hall–Kier alpha value is -1.72. The summed E-state index contributed by atoms with van der Waals surface area (Å²) in [6.45, 7) is 0.840. The Balaban J connectivity index is 1.69. The van der Waals surface area contributed by atoms with E-state index in [1.165, 1.54) is 0 Å². The van der Waals surface area contributed by atoms with E-state index in [-0.39, 0.29) is 5.41 Å². The molecule has 0 bridgehead atoms. The Kier molecular flexibility index (Phi) is 4.75. The van der Waals surface area contributed by atoms with Crippen molar-refractivity contribution in [2.75, 3.05) is 13.2 Å². The van der Waals surface area contributed by atoms with Crippen molar-refractivity contribution in [2.45, 2.75) is 31.9 Å². The van der Waals surface area contributed by atoms with Crippen LogP contribution < -0.4 is 10.1 Å².